The Morgan fingerprint density at radius 3 is 2.59 bits per heavy atom. The van der Waals surface area contributed by atoms with Gasteiger partial charge in [0.05, 0.1) is 5.39 Å². The van der Waals surface area contributed by atoms with Crippen LogP contribution in [0, 0.1) is 20.8 Å². The van der Waals surface area contributed by atoms with E-state index in [1.54, 1.807) is 0 Å². The van der Waals surface area contributed by atoms with Gasteiger partial charge in [0, 0.05) is 11.4 Å². The van der Waals surface area contributed by atoms with Gasteiger partial charge < -0.3 is 11.1 Å². The van der Waals surface area contributed by atoms with Crippen molar-refractivity contribution >= 4 is 37.9 Å². The number of hydrogen-bond acceptors (Lipinski definition) is 5. The van der Waals surface area contributed by atoms with Crippen molar-refractivity contribution in [2.24, 2.45) is 0 Å². The first-order chi connectivity index (χ1) is 10.5. The number of benzene rings is 1. The first-order valence-corrected chi connectivity index (χ1v) is 7.82. The van der Waals surface area contributed by atoms with Crippen LogP contribution in [0.2, 0.25) is 0 Å². The van der Waals surface area contributed by atoms with Gasteiger partial charge in [-0.3, -0.25) is 4.79 Å². The van der Waals surface area contributed by atoms with E-state index in [1.165, 1.54) is 11.3 Å². The zero-order valence-corrected chi connectivity index (χ0v) is 13.5. The van der Waals surface area contributed by atoms with Crippen molar-refractivity contribution in [1.29, 1.82) is 0 Å². The second-order valence-corrected chi connectivity index (χ2v) is 6.37. The molecule has 5 heteroatoms. The number of hydrogen-bond donors (Lipinski definition) is 2. The molecule has 0 aliphatic rings. The van der Waals surface area contributed by atoms with E-state index in [0.717, 1.165) is 22.5 Å². The van der Waals surface area contributed by atoms with Crippen molar-refractivity contribution in [2.45, 2.75) is 20.8 Å². The minimum Gasteiger partial charge on any atom is -0.393 e. The number of nitrogens with one attached hydrogen (secondary N) is 1. The van der Waals surface area contributed by atoms with Crippen molar-refractivity contribution in [2.75, 3.05) is 11.1 Å². The lowest BCUT2D eigenvalue weighted by Crippen LogP contribution is -2.12. The van der Waals surface area contributed by atoms with Crippen molar-refractivity contribution < 1.29 is 0 Å². The summed E-state index contributed by atoms with van der Waals surface area (Å²) in [4.78, 5) is 17.8. The van der Waals surface area contributed by atoms with Crippen molar-refractivity contribution in [3.63, 3.8) is 0 Å². The molecule has 22 heavy (non-hydrogen) atoms. The van der Waals surface area contributed by atoms with E-state index in [1.807, 2.05) is 51.1 Å². The summed E-state index contributed by atoms with van der Waals surface area (Å²) < 4.78 is 0. The molecule has 0 radical (unpaired) electrons. The molecule has 2 heterocycles. The largest absolute Gasteiger partial charge is 0.393 e. The summed E-state index contributed by atoms with van der Waals surface area (Å²) in [5, 5.41) is 4.52. The monoisotopic (exact) mass is 311 g/mol. The Hall–Kier alpha value is -2.40. The third kappa shape index (κ3) is 2.44. The molecule has 3 rings (SSSR count). The van der Waals surface area contributed by atoms with Gasteiger partial charge >= 0.3 is 0 Å². The molecule has 1 aromatic carbocycles. The van der Waals surface area contributed by atoms with E-state index in [4.69, 9.17) is 5.73 Å². The number of nitrogen functional groups attached to an aromatic ring is 1. The lowest BCUT2D eigenvalue weighted by molar-refractivity contribution is 1.24. The molecule has 3 aromatic rings. The number of nitrogens with two attached hydrogens (primary N) is 1. The first kappa shape index (κ1) is 14.5. The smallest absolute Gasteiger partial charge is 0.214 e. The Bertz CT molecular complexity index is 931. The quantitative estimate of drug-likeness (QED) is 0.753. The summed E-state index contributed by atoms with van der Waals surface area (Å²) in [7, 11) is 0. The summed E-state index contributed by atoms with van der Waals surface area (Å²) in [5.74, 6) is 0. The Balaban J connectivity index is 2.21. The maximum atomic E-state index is 12.6. The molecule has 2 aromatic heterocycles. The van der Waals surface area contributed by atoms with E-state index < -0.39 is 0 Å². The van der Waals surface area contributed by atoms with Crippen LogP contribution in [-0.2, 0) is 0 Å². The molecule has 3 N–H and O–H groups in total. The predicted molar refractivity (Wildman–Crippen MR) is 94.2 cm³/mol. The first-order valence-electron chi connectivity index (χ1n) is 7.00. The van der Waals surface area contributed by atoms with E-state index in [-0.39, 0.29) is 11.1 Å². The Morgan fingerprint density at radius 2 is 1.86 bits per heavy atom. The van der Waals surface area contributed by atoms with Crippen LogP contribution in [0.1, 0.15) is 16.8 Å². The lowest BCUT2D eigenvalue weighted by atomic mass is 10.1. The van der Waals surface area contributed by atoms with Gasteiger partial charge in [-0.15, -0.1) is 0 Å². The van der Waals surface area contributed by atoms with E-state index in [0.29, 0.717) is 15.2 Å². The fraction of sp³-hybridized carbons (Fsp3) is 0.176. The van der Waals surface area contributed by atoms with Crippen LogP contribution >= 0.6 is 11.3 Å². The van der Waals surface area contributed by atoms with Crippen LogP contribution < -0.4 is 16.5 Å². The summed E-state index contributed by atoms with van der Waals surface area (Å²) in [6.07, 6.45) is 0. The Kier molecular flexibility index (Phi) is 3.58. The maximum absolute atomic E-state index is 12.6. The van der Waals surface area contributed by atoms with E-state index in [2.05, 4.69) is 10.3 Å². The number of rotatable bonds is 2. The van der Waals surface area contributed by atoms with Crippen LogP contribution in [0.3, 0.4) is 0 Å². The maximum Gasteiger partial charge on any atom is 0.214 e. The number of anilines is 3. The second kappa shape index (κ2) is 5.42. The molecule has 0 bridgehead atoms. The lowest BCUT2D eigenvalue weighted by Gasteiger charge is -2.12. The molecule has 0 saturated carbocycles. The molecule has 0 spiro atoms. The third-order valence-electron chi connectivity index (χ3n) is 3.62. The normalized spacial score (nSPS) is 10.9. The molecule has 4 nitrogen and oxygen atoms in total. The highest BCUT2D eigenvalue weighted by molar-refractivity contribution is 7.22. The zero-order chi connectivity index (χ0) is 15.9. The molecule has 0 amide bonds. The predicted octanol–water partition coefficient (Wildman–Crippen LogP) is 3.91. The average Bonchev–Trinajstić information content (AvgIpc) is 2.46. The zero-order valence-electron chi connectivity index (χ0n) is 12.7. The number of fused-ring (bicyclic) bond motifs is 1. The van der Waals surface area contributed by atoms with Crippen LogP contribution in [0.5, 0.6) is 0 Å². The Labute approximate surface area is 132 Å². The van der Waals surface area contributed by atoms with E-state index in [9.17, 15) is 4.79 Å². The van der Waals surface area contributed by atoms with Crippen LogP contribution in [-0.4, -0.2) is 4.98 Å². The molecule has 0 unspecified atom stereocenters. The van der Waals surface area contributed by atoms with Gasteiger partial charge in [-0.1, -0.05) is 29.5 Å². The fourth-order valence-electron chi connectivity index (χ4n) is 2.47. The molecular weight excluding hydrogens is 294 g/mol. The minimum atomic E-state index is -0.158. The summed E-state index contributed by atoms with van der Waals surface area (Å²) in [5.41, 5.74) is 9.99. The third-order valence-corrected chi connectivity index (χ3v) is 4.63. The average molecular weight is 311 g/mol. The fourth-order valence-corrected chi connectivity index (χ4v) is 3.57. The number of aryl methyl sites for hydroxylation is 3. The van der Waals surface area contributed by atoms with Gasteiger partial charge in [0.25, 0.3) is 0 Å². The SMILES string of the molecule is Cc1cc(C)c2c(=O)c(N)c(Nc3ccccc3C)sc2n1. The number of pyridine rings is 1. The summed E-state index contributed by atoms with van der Waals surface area (Å²) in [6, 6.07) is 9.80. The Morgan fingerprint density at radius 1 is 1.14 bits per heavy atom. The van der Waals surface area contributed by atoms with Crippen molar-refractivity contribution in [3.05, 3.63) is 57.4 Å². The van der Waals surface area contributed by atoms with Gasteiger partial charge in [-0.25, -0.2) is 4.98 Å². The van der Waals surface area contributed by atoms with Gasteiger partial charge in [-0.2, -0.15) is 0 Å². The highest BCUT2D eigenvalue weighted by Gasteiger charge is 2.14. The highest BCUT2D eigenvalue weighted by atomic mass is 32.1. The van der Waals surface area contributed by atoms with Crippen LogP contribution in [0.25, 0.3) is 10.2 Å². The topological polar surface area (TPSA) is 68.0 Å². The van der Waals surface area contributed by atoms with Gasteiger partial charge in [0.15, 0.2) is 0 Å². The number of aromatic nitrogens is 1. The summed E-state index contributed by atoms with van der Waals surface area (Å²) >= 11 is 1.41. The minimum absolute atomic E-state index is 0.158. The standard InChI is InChI=1S/C17H17N3OS/c1-9-6-4-5-7-12(9)20-17-14(18)15(21)13-10(2)8-11(3)19-16(13)22-17/h4-8,20H,18H2,1-3H3. The molecule has 0 aliphatic heterocycles. The second-order valence-electron chi connectivity index (χ2n) is 5.37. The van der Waals surface area contributed by atoms with Gasteiger partial charge in [-0.05, 0) is 44.0 Å². The van der Waals surface area contributed by atoms with E-state index >= 15 is 0 Å². The molecule has 0 atom stereocenters. The van der Waals surface area contributed by atoms with Crippen molar-refractivity contribution in [1.82, 2.24) is 4.98 Å². The van der Waals surface area contributed by atoms with Gasteiger partial charge in [0.1, 0.15) is 15.5 Å². The molecular formula is C17H17N3OS. The van der Waals surface area contributed by atoms with Crippen molar-refractivity contribution in [3.8, 4) is 0 Å². The number of para-hydroxylation sites is 1. The highest BCUT2D eigenvalue weighted by Crippen LogP contribution is 2.32. The molecule has 0 fully saturated rings. The van der Waals surface area contributed by atoms with Gasteiger partial charge in [0.2, 0.25) is 5.43 Å². The summed E-state index contributed by atoms with van der Waals surface area (Å²) in [6.45, 7) is 5.85. The van der Waals surface area contributed by atoms with Crippen LogP contribution in [0.4, 0.5) is 16.4 Å². The molecule has 112 valence electrons. The molecule has 0 aliphatic carbocycles. The van der Waals surface area contributed by atoms with Crippen LogP contribution in [0.15, 0.2) is 35.1 Å². The number of nitrogens with zero attached hydrogens (tertiary/aromatic N) is 1. The molecule has 0 saturated heterocycles.